The SMILES string of the molecule is C=CCN(C(=O)C(F)(F)Br)c1ccc(OCc2ccccc2)cc1. The van der Waals surface area contributed by atoms with Gasteiger partial charge in [-0.1, -0.05) is 36.4 Å². The molecule has 126 valence electrons. The number of amides is 1. The third-order valence-electron chi connectivity index (χ3n) is 3.20. The molecule has 0 saturated carbocycles. The van der Waals surface area contributed by atoms with Gasteiger partial charge in [0.1, 0.15) is 12.4 Å². The highest BCUT2D eigenvalue weighted by molar-refractivity contribution is 9.10. The quantitative estimate of drug-likeness (QED) is 0.499. The summed E-state index contributed by atoms with van der Waals surface area (Å²) in [6.07, 6.45) is 1.39. The lowest BCUT2D eigenvalue weighted by molar-refractivity contribution is -0.131. The van der Waals surface area contributed by atoms with E-state index < -0.39 is 10.7 Å². The Morgan fingerprint density at radius 2 is 1.79 bits per heavy atom. The highest BCUT2D eigenvalue weighted by atomic mass is 79.9. The summed E-state index contributed by atoms with van der Waals surface area (Å²) in [5.41, 5.74) is 1.36. The largest absolute Gasteiger partial charge is 0.489 e. The van der Waals surface area contributed by atoms with Crippen molar-refractivity contribution in [2.45, 2.75) is 11.4 Å². The minimum Gasteiger partial charge on any atom is -0.489 e. The highest BCUT2D eigenvalue weighted by Crippen LogP contribution is 2.28. The first-order valence-electron chi connectivity index (χ1n) is 7.18. The van der Waals surface area contributed by atoms with Crippen LogP contribution >= 0.6 is 15.9 Å². The van der Waals surface area contributed by atoms with E-state index in [4.69, 9.17) is 4.74 Å². The summed E-state index contributed by atoms with van der Waals surface area (Å²) in [6.45, 7) is 3.87. The Morgan fingerprint density at radius 1 is 1.17 bits per heavy atom. The number of carbonyl (C=O) groups excluding carboxylic acids is 1. The average molecular weight is 396 g/mol. The summed E-state index contributed by atoms with van der Waals surface area (Å²) in [4.78, 5) is 9.12. The van der Waals surface area contributed by atoms with Gasteiger partial charge in [-0.05, 0) is 29.8 Å². The fraction of sp³-hybridized carbons (Fsp3) is 0.167. The molecule has 3 nitrogen and oxygen atoms in total. The maximum absolute atomic E-state index is 13.2. The van der Waals surface area contributed by atoms with Crippen molar-refractivity contribution in [2.24, 2.45) is 0 Å². The molecule has 0 aliphatic heterocycles. The second kappa shape index (κ2) is 8.06. The predicted molar refractivity (Wildman–Crippen MR) is 93.6 cm³/mol. The molecule has 2 aromatic rings. The molecule has 0 spiro atoms. The van der Waals surface area contributed by atoms with E-state index in [1.807, 2.05) is 30.3 Å². The number of rotatable bonds is 7. The minimum atomic E-state index is -3.63. The van der Waals surface area contributed by atoms with Gasteiger partial charge in [-0.3, -0.25) is 4.79 Å². The molecular formula is C18H16BrF2NO2. The van der Waals surface area contributed by atoms with Crippen LogP contribution in [0.1, 0.15) is 5.56 Å². The van der Waals surface area contributed by atoms with Crippen LogP contribution in [0.4, 0.5) is 14.5 Å². The van der Waals surface area contributed by atoms with Crippen molar-refractivity contribution in [3.8, 4) is 5.75 Å². The van der Waals surface area contributed by atoms with E-state index in [1.165, 1.54) is 6.08 Å². The number of hydrogen-bond acceptors (Lipinski definition) is 2. The van der Waals surface area contributed by atoms with Crippen molar-refractivity contribution in [2.75, 3.05) is 11.4 Å². The molecule has 0 atom stereocenters. The summed E-state index contributed by atoms with van der Waals surface area (Å²) in [7, 11) is 0. The first-order valence-corrected chi connectivity index (χ1v) is 7.97. The number of halogens is 3. The zero-order valence-electron chi connectivity index (χ0n) is 12.8. The van der Waals surface area contributed by atoms with E-state index in [1.54, 1.807) is 24.3 Å². The van der Waals surface area contributed by atoms with Gasteiger partial charge in [0.15, 0.2) is 0 Å². The molecule has 0 radical (unpaired) electrons. The second-order valence-electron chi connectivity index (χ2n) is 4.97. The third kappa shape index (κ3) is 4.89. The second-order valence-corrected chi connectivity index (χ2v) is 5.97. The van der Waals surface area contributed by atoms with Crippen molar-refractivity contribution < 1.29 is 18.3 Å². The summed E-state index contributed by atoms with van der Waals surface area (Å²) in [5, 5.41) is 0. The van der Waals surface area contributed by atoms with Gasteiger partial charge in [0.2, 0.25) is 0 Å². The van der Waals surface area contributed by atoms with Crippen LogP contribution in [0.3, 0.4) is 0 Å². The first-order chi connectivity index (χ1) is 11.4. The molecule has 0 heterocycles. The molecule has 2 aromatic carbocycles. The molecule has 0 unspecified atom stereocenters. The van der Waals surface area contributed by atoms with Crippen LogP contribution in [0.5, 0.6) is 5.75 Å². The Balaban J connectivity index is 2.08. The lowest BCUT2D eigenvalue weighted by atomic mass is 10.2. The Bertz CT molecular complexity index is 684. The van der Waals surface area contributed by atoms with Gasteiger partial charge in [-0.15, -0.1) is 6.58 Å². The Labute approximate surface area is 147 Å². The molecule has 0 N–H and O–H groups in total. The van der Waals surface area contributed by atoms with Gasteiger partial charge < -0.3 is 9.64 Å². The van der Waals surface area contributed by atoms with Gasteiger partial charge >= 0.3 is 10.7 Å². The maximum atomic E-state index is 13.2. The molecule has 0 aliphatic rings. The predicted octanol–water partition coefficient (Wildman–Crippen LogP) is 4.77. The van der Waals surface area contributed by atoms with Crippen LogP contribution in [-0.4, -0.2) is 17.3 Å². The zero-order chi connectivity index (χ0) is 17.6. The number of benzene rings is 2. The van der Waals surface area contributed by atoms with Crippen LogP contribution in [0.25, 0.3) is 0 Å². The van der Waals surface area contributed by atoms with Crippen LogP contribution < -0.4 is 9.64 Å². The van der Waals surface area contributed by atoms with Crippen molar-refractivity contribution in [3.05, 3.63) is 72.8 Å². The molecule has 6 heteroatoms. The third-order valence-corrected chi connectivity index (χ3v) is 3.54. The molecule has 2 rings (SSSR count). The van der Waals surface area contributed by atoms with E-state index >= 15 is 0 Å². The highest BCUT2D eigenvalue weighted by Gasteiger charge is 2.39. The van der Waals surface area contributed by atoms with Crippen LogP contribution in [0.2, 0.25) is 0 Å². The van der Waals surface area contributed by atoms with Gasteiger partial charge in [0.05, 0.1) is 0 Å². The molecule has 0 bridgehead atoms. The number of ether oxygens (including phenoxy) is 1. The summed E-state index contributed by atoms with van der Waals surface area (Å²) in [5.74, 6) is -0.764. The number of hydrogen-bond donors (Lipinski definition) is 0. The van der Waals surface area contributed by atoms with Crippen LogP contribution in [-0.2, 0) is 11.4 Å². The van der Waals surface area contributed by atoms with E-state index in [0.717, 1.165) is 10.5 Å². The van der Waals surface area contributed by atoms with E-state index in [2.05, 4.69) is 22.5 Å². The number of nitrogens with zero attached hydrogens (tertiary/aromatic N) is 1. The number of carbonyl (C=O) groups is 1. The summed E-state index contributed by atoms with van der Waals surface area (Å²) >= 11 is 2.09. The Morgan fingerprint density at radius 3 is 2.33 bits per heavy atom. The minimum absolute atomic E-state index is 0.0236. The summed E-state index contributed by atoms with van der Waals surface area (Å²) < 4.78 is 32.1. The standard InChI is InChI=1S/C18H16BrF2NO2/c1-2-12-22(17(23)18(19,20)21)15-8-10-16(11-9-15)24-13-14-6-4-3-5-7-14/h2-11H,1,12-13H2. The van der Waals surface area contributed by atoms with Gasteiger partial charge in [0, 0.05) is 28.2 Å². The van der Waals surface area contributed by atoms with E-state index in [9.17, 15) is 13.6 Å². The lowest BCUT2D eigenvalue weighted by Crippen LogP contribution is -2.40. The normalized spacial score (nSPS) is 11.0. The number of alkyl halides is 3. The summed E-state index contributed by atoms with van der Waals surface area (Å²) in [6, 6.07) is 16.0. The maximum Gasteiger partial charge on any atom is 0.378 e. The molecule has 0 saturated heterocycles. The lowest BCUT2D eigenvalue weighted by Gasteiger charge is -2.23. The zero-order valence-corrected chi connectivity index (χ0v) is 14.4. The van der Waals surface area contributed by atoms with E-state index in [0.29, 0.717) is 18.0 Å². The van der Waals surface area contributed by atoms with Crippen LogP contribution in [0, 0.1) is 0 Å². The molecule has 0 fully saturated rings. The van der Waals surface area contributed by atoms with Gasteiger partial charge in [0.25, 0.3) is 0 Å². The fourth-order valence-corrected chi connectivity index (χ4v) is 2.26. The number of anilines is 1. The Hall–Kier alpha value is -2.21. The average Bonchev–Trinajstić information content (AvgIpc) is 2.58. The molecule has 0 aromatic heterocycles. The first kappa shape index (κ1) is 18.1. The topological polar surface area (TPSA) is 29.5 Å². The van der Waals surface area contributed by atoms with Crippen LogP contribution in [0.15, 0.2) is 67.3 Å². The molecular weight excluding hydrogens is 380 g/mol. The Kier molecular flexibility index (Phi) is 6.09. The van der Waals surface area contributed by atoms with Crippen molar-refractivity contribution >= 4 is 27.5 Å². The van der Waals surface area contributed by atoms with E-state index in [-0.39, 0.29) is 6.54 Å². The smallest absolute Gasteiger partial charge is 0.378 e. The molecule has 0 aliphatic carbocycles. The molecule has 24 heavy (non-hydrogen) atoms. The van der Waals surface area contributed by atoms with Crippen molar-refractivity contribution in [3.63, 3.8) is 0 Å². The van der Waals surface area contributed by atoms with Gasteiger partial charge in [-0.2, -0.15) is 8.78 Å². The molecule has 1 amide bonds. The van der Waals surface area contributed by atoms with Gasteiger partial charge in [-0.25, -0.2) is 0 Å². The monoisotopic (exact) mass is 395 g/mol. The van der Waals surface area contributed by atoms with Crippen molar-refractivity contribution in [1.29, 1.82) is 0 Å². The fourth-order valence-electron chi connectivity index (χ4n) is 2.05. The van der Waals surface area contributed by atoms with Crippen molar-refractivity contribution in [1.82, 2.24) is 0 Å².